The Kier molecular flexibility index (Phi) is 7.92. The van der Waals surface area contributed by atoms with E-state index in [2.05, 4.69) is 15.4 Å². The molecule has 0 aromatic heterocycles. The van der Waals surface area contributed by atoms with Crippen LogP contribution in [0.2, 0.25) is 0 Å². The largest absolute Gasteiger partial charge is 0.588 e. The highest BCUT2D eigenvalue weighted by atomic mass is 32.2. The Morgan fingerprint density at radius 3 is 2.11 bits per heavy atom. The van der Waals surface area contributed by atoms with Crippen LogP contribution in [0.1, 0.15) is 5.56 Å². The third kappa shape index (κ3) is 6.56. The zero-order chi connectivity index (χ0) is 24.6. The molecule has 0 saturated heterocycles. The topological polar surface area (TPSA) is 79.5 Å². The van der Waals surface area contributed by atoms with Gasteiger partial charge in [-0.15, -0.1) is 0 Å². The lowest BCUT2D eigenvalue weighted by Crippen LogP contribution is -2.28. The van der Waals surface area contributed by atoms with Crippen molar-refractivity contribution in [2.75, 3.05) is 29.0 Å². The van der Waals surface area contributed by atoms with Gasteiger partial charge in [0, 0.05) is 37.6 Å². The predicted molar refractivity (Wildman–Crippen MR) is 145 cm³/mol. The smallest absolute Gasteiger partial charge is 0.319 e. The summed E-state index contributed by atoms with van der Waals surface area (Å²) in [6, 6.07) is 32.4. The van der Waals surface area contributed by atoms with Gasteiger partial charge in [0.15, 0.2) is 4.90 Å². The Morgan fingerprint density at radius 2 is 1.43 bits per heavy atom. The minimum absolute atomic E-state index is 0.289. The highest BCUT2D eigenvalue weighted by molar-refractivity contribution is 7.92. The fraction of sp³-hybridized carbons (Fsp3) is 0.107. The van der Waals surface area contributed by atoms with Gasteiger partial charge in [0.25, 0.3) is 0 Å². The van der Waals surface area contributed by atoms with Crippen LogP contribution in [0.15, 0.2) is 108 Å². The fourth-order valence-electron chi connectivity index (χ4n) is 3.54. The van der Waals surface area contributed by atoms with Crippen molar-refractivity contribution in [3.8, 4) is 11.1 Å². The van der Waals surface area contributed by atoms with Crippen molar-refractivity contribution in [1.29, 1.82) is 0 Å². The summed E-state index contributed by atoms with van der Waals surface area (Å²) < 4.78 is 16.1. The molecular weight excluding hydrogens is 456 g/mol. The first-order valence-corrected chi connectivity index (χ1v) is 12.4. The van der Waals surface area contributed by atoms with Crippen molar-refractivity contribution in [3.63, 3.8) is 0 Å². The normalized spacial score (nSPS) is 11.4. The van der Waals surface area contributed by atoms with Crippen molar-refractivity contribution in [1.82, 2.24) is 5.32 Å². The molecule has 0 heterocycles. The molecule has 3 N–H and O–H groups in total. The Labute approximate surface area is 209 Å². The van der Waals surface area contributed by atoms with Gasteiger partial charge >= 0.3 is 6.03 Å². The molecule has 7 heteroatoms. The van der Waals surface area contributed by atoms with Crippen LogP contribution in [0.4, 0.5) is 21.9 Å². The number of amides is 2. The Balaban J connectivity index is 1.33. The second-order valence-electron chi connectivity index (χ2n) is 8.18. The van der Waals surface area contributed by atoms with Crippen LogP contribution in [0.25, 0.3) is 11.1 Å². The van der Waals surface area contributed by atoms with E-state index in [0.29, 0.717) is 22.8 Å². The molecular formula is C28H28N4O2S. The molecule has 1 atom stereocenters. The molecule has 0 radical (unpaired) electrons. The first kappa shape index (κ1) is 24.2. The van der Waals surface area contributed by atoms with Crippen molar-refractivity contribution < 1.29 is 9.35 Å². The highest BCUT2D eigenvalue weighted by Gasteiger charge is 2.17. The molecule has 35 heavy (non-hydrogen) atoms. The number of carbonyl (C=O) groups is 1. The van der Waals surface area contributed by atoms with Crippen LogP contribution in [0.5, 0.6) is 0 Å². The quantitative estimate of drug-likeness (QED) is 0.273. The van der Waals surface area contributed by atoms with Crippen molar-refractivity contribution >= 4 is 34.5 Å². The highest BCUT2D eigenvalue weighted by Crippen LogP contribution is 2.28. The molecule has 0 fully saturated rings. The van der Waals surface area contributed by atoms with Gasteiger partial charge in [0.05, 0.1) is 5.69 Å². The van der Waals surface area contributed by atoms with E-state index in [1.165, 1.54) is 0 Å². The Bertz CT molecular complexity index is 1250. The Morgan fingerprint density at radius 1 is 0.800 bits per heavy atom. The van der Waals surface area contributed by atoms with Crippen LogP contribution < -0.4 is 20.3 Å². The van der Waals surface area contributed by atoms with E-state index in [1.807, 2.05) is 97.9 Å². The summed E-state index contributed by atoms with van der Waals surface area (Å²) in [6.45, 7) is 0.430. The summed E-state index contributed by atoms with van der Waals surface area (Å²) in [7, 11) is 3.98. The second-order valence-corrected chi connectivity index (χ2v) is 9.36. The number of rotatable bonds is 8. The maximum atomic E-state index is 13.1. The van der Waals surface area contributed by atoms with E-state index in [0.717, 1.165) is 22.4 Å². The molecule has 1 unspecified atom stereocenters. The van der Waals surface area contributed by atoms with Gasteiger partial charge in [-0.3, -0.25) is 0 Å². The SMILES string of the molecule is CN(C)c1ccc(CNC(=O)Nc2ccc(N[S+]([O-])c3ccccc3-c3ccccc3)cc2)cc1. The lowest BCUT2D eigenvalue weighted by Gasteiger charge is -2.15. The molecule has 0 aliphatic carbocycles. The number of benzene rings is 4. The van der Waals surface area contributed by atoms with Crippen LogP contribution in [0, 0.1) is 0 Å². The van der Waals surface area contributed by atoms with Crippen LogP contribution in [-0.2, 0) is 17.9 Å². The summed E-state index contributed by atoms with van der Waals surface area (Å²) in [5, 5.41) is 5.68. The minimum atomic E-state index is -1.45. The van der Waals surface area contributed by atoms with Gasteiger partial charge in [-0.05, 0) is 59.7 Å². The summed E-state index contributed by atoms with van der Waals surface area (Å²) in [4.78, 5) is 15.0. The first-order chi connectivity index (χ1) is 17.0. The zero-order valence-corrected chi connectivity index (χ0v) is 20.5. The number of nitrogens with zero attached hydrogens (tertiary/aromatic N) is 1. The monoisotopic (exact) mass is 484 g/mol. The van der Waals surface area contributed by atoms with Gasteiger partial charge < -0.3 is 20.1 Å². The zero-order valence-electron chi connectivity index (χ0n) is 19.7. The van der Waals surface area contributed by atoms with E-state index in [1.54, 1.807) is 24.3 Å². The van der Waals surface area contributed by atoms with Gasteiger partial charge in [-0.1, -0.05) is 54.6 Å². The number of anilines is 3. The standard InChI is InChI=1S/C28H28N4O2S/c1-32(2)25-18-12-21(13-19-25)20-29-28(33)30-23-14-16-24(17-15-23)31-35(34)27-11-7-6-10-26(27)22-8-4-3-5-9-22/h3-19,31H,20H2,1-2H3,(H2,29,30,33). The summed E-state index contributed by atoms with van der Waals surface area (Å²) in [5.74, 6) is 0. The van der Waals surface area contributed by atoms with E-state index in [-0.39, 0.29) is 6.03 Å². The lowest BCUT2D eigenvalue weighted by atomic mass is 10.1. The predicted octanol–water partition coefficient (Wildman–Crippen LogP) is 5.88. The van der Waals surface area contributed by atoms with Gasteiger partial charge in [0.1, 0.15) is 11.4 Å². The molecule has 2 amide bonds. The molecule has 0 spiro atoms. The number of hydrogen-bond donors (Lipinski definition) is 3. The average Bonchev–Trinajstić information content (AvgIpc) is 2.89. The van der Waals surface area contributed by atoms with Crippen molar-refractivity contribution in [2.45, 2.75) is 11.4 Å². The van der Waals surface area contributed by atoms with Crippen LogP contribution in [0.3, 0.4) is 0 Å². The molecule has 0 bridgehead atoms. The van der Waals surface area contributed by atoms with E-state index < -0.39 is 11.4 Å². The maximum Gasteiger partial charge on any atom is 0.319 e. The summed E-state index contributed by atoms with van der Waals surface area (Å²) in [6.07, 6.45) is 0. The van der Waals surface area contributed by atoms with Gasteiger partial charge in [-0.2, -0.15) is 0 Å². The third-order valence-electron chi connectivity index (χ3n) is 5.43. The molecule has 0 aliphatic rings. The number of hydrogen-bond acceptors (Lipinski definition) is 4. The minimum Gasteiger partial charge on any atom is -0.588 e. The van der Waals surface area contributed by atoms with E-state index in [9.17, 15) is 9.35 Å². The molecule has 4 aromatic carbocycles. The summed E-state index contributed by atoms with van der Waals surface area (Å²) in [5.41, 5.74) is 5.40. The molecule has 178 valence electrons. The summed E-state index contributed by atoms with van der Waals surface area (Å²) >= 11 is -1.45. The number of nitrogens with one attached hydrogen (secondary N) is 3. The third-order valence-corrected chi connectivity index (χ3v) is 6.61. The molecule has 6 nitrogen and oxygen atoms in total. The lowest BCUT2D eigenvalue weighted by molar-refractivity contribution is 0.251. The van der Waals surface area contributed by atoms with Crippen molar-refractivity contribution in [2.24, 2.45) is 0 Å². The molecule has 0 aliphatic heterocycles. The fourth-order valence-corrected chi connectivity index (χ4v) is 4.59. The molecule has 0 saturated carbocycles. The maximum absolute atomic E-state index is 13.1. The average molecular weight is 485 g/mol. The van der Waals surface area contributed by atoms with Crippen LogP contribution >= 0.6 is 0 Å². The Hall–Kier alpha value is -3.94. The number of carbonyl (C=O) groups excluding carboxylic acids is 1. The van der Waals surface area contributed by atoms with Gasteiger partial charge in [0.2, 0.25) is 0 Å². The first-order valence-electron chi connectivity index (χ1n) is 11.2. The van der Waals surface area contributed by atoms with Gasteiger partial charge in [-0.25, -0.2) is 9.52 Å². The van der Waals surface area contributed by atoms with Crippen LogP contribution in [-0.4, -0.2) is 24.7 Å². The van der Waals surface area contributed by atoms with Crippen molar-refractivity contribution in [3.05, 3.63) is 109 Å². The molecule has 4 aromatic rings. The van der Waals surface area contributed by atoms with E-state index in [4.69, 9.17) is 0 Å². The second kappa shape index (κ2) is 11.5. The van der Waals surface area contributed by atoms with E-state index >= 15 is 0 Å². The number of urea groups is 1. The molecule has 4 rings (SSSR count).